The summed E-state index contributed by atoms with van der Waals surface area (Å²) in [5.41, 5.74) is 6.25. The molecule has 2 aromatic rings. The molecule has 0 aliphatic carbocycles. The van der Waals surface area contributed by atoms with E-state index in [4.69, 9.17) is 5.41 Å². The molecule has 152 valence electrons. The molecule has 1 aromatic heterocycles. The van der Waals surface area contributed by atoms with Gasteiger partial charge in [0, 0.05) is 30.1 Å². The first-order valence-corrected chi connectivity index (χ1v) is 10.2. The number of hydrogen-bond donors (Lipinski definition) is 1. The van der Waals surface area contributed by atoms with Crippen LogP contribution in [0.25, 0.3) is 16.8 Å². The molecule has 0 amide bonds. The number of nitrogens with zero attached hydrogens (tertiary/aromatic N) is 1. The van der Waals surface area contributed by atoms with Crippen molar-refractivity contribution >= 4 is 17.6 Å². The summed E-state index contributed by atoms with van der Waals surface area (Å²) in [6.07, 6.45) is 6.79. The van der Waals surface area contributed by atoms with Gasteiger partial charge in [-0.3, -0.25) is 9.59 Å². The van der Waals surface area contributed by atoms with Crippen molar-refractivity contribution in [3.8, 4) is 11.3 Å². The third-order valence-electron chi connectivity index (χ3n) is 5.97. The molecule has 1 aliphatic rings. The highest BCUT2D eigenvalue weighted by atomic mass is 16.1. The van der Waals surface area contributed by atoms with E-state index in [0.29, 0.717) is 0 Å². The Morgan fingerprint density at radius 3 is 2.45 bits per heavy atom. The molecule has 29 heavy (non-hydrogen) atoms. The first kappa shape index (κ1) is 21.0. The van der Waals surface area contributed by atoms with Crippen LogP contribution < -0.4 is 5.43 Å². The number of nitrogens with one attached hydrogen (secondary N) is 1. The third kappa shape index (κ3) is 3.64. The molecule has 0 fully saturated rings. The van der Waals surface area contributed by atoms with E-state index in [1.807, 2.05) is 13.0 Å². The van der Waals surface area contributed by atoms with Crippen LogP contribution in [0.2, 0.25) is 0 Å². The van der Waals surface area contributed by atoms with Crippen LogP contribution in [0.5, 0.6) is 0 Å². The van der Waals surface area contributed by atoms with Gasteiger partial charge >= 0.3 is 0 Å². The number of carbonyl (C=O) groups is 1. The second-order valence-corrected chi connectivity index (χ2v) is 8.89. The van der Waals surface area contributed by atoms with Crippen molar-refractivity contribution in [1.29, 1.82) is 5.41 Å². The molecule has 2 heterocycles. The minimum Gasteiger partial charge on any atom is -0.343 e. The number of benzene rings is 1. The monoisotopic (exact) mass is 390 g/mol. The summed E-state index contributed by atoms with van der Waals surface area (Å²) < 4.78 is 2.13. The zero-order valence-electron chi connectivity index (χ0n) is 18.2. The number of ketones is 1. The molecule has 1 N–H and O–H groups in total. The molecule has 4 nitrogen and oxygen atoms in total. The SMILES string of the molecule is C/C=C(\C=N)c1cc2c(cc1CC)-c1cc(=O)c(C(C)=O)cn1C(C(C)(C)C)C2. The van der Waals surface area contributed by atoms with Gasteiger partial charge in [-0.05, 0) is 60.4 Å². The first-order chi connectivity index (χ1) is 13.6. The molecule has 1 unspecified atom stereocenters. The van der Waals surface area contributed by atoms with Crippen molar-refractivity contribution < 1.29 is 4.79 Å². The Bertz CT molecular complexity index is 1080. The summed E-state index contributed by atoms with van der Waals surface area (Å²) >= 11 is 0. The van der Waals surface area contributed by atoms with Gasteiger partial charge in [0.25, 0.3) is 0 Å². The van der Waals surface area contributed by atoms with Crippen LogP contribution in [-0.2, 0) is 12.8 Å². The fourth-order valence-electron chi connectivity index (χ4n) is 4.29. The third-order valence-corrected chi connectivity index (χ3v) is 5.97. The summed E-state index contributed by atoms with van der Waals surface area (Å²) in [6, 6.07) is 6.10. The minimum atomic E-state index is -0.222. The lowest BCUT2D eigenvalue weighted by molar-refractivity contribution is 0.101. The highest BCUT2D eigenvalue weighted by molar-refractivity contribution is 6.09. The summed E-state index contributed by atoms with van der Waals surface area (Å²) in [6.45, 7) is 12.1. The predicted molar refractivity (Wildman–Crippen MR) is 120 cm³/mol. The Hall–Kier alpha value is -2.75. The van der Waals surface area contributed by atoms with Crippen LogP contribution in [0.4, 0.5) is 0 Å². The van der Waals surface area contributed by atoms with Crippen molar-refractivity contribution in [2.24, 2.45) is 5.41 Å². The number of aryl methyl sites for hydroxylation is 1. The number of hydrogen-bond acceptors (Lipinski definition) is 3. The highest BCUT2D eigenvalue weighted by Gasteiger charge is 2.33. The zero-order chi connectivity index (χ0) is 21.5. The summed E-state index contributed by atoms with van der Waals surface area (Å²) in [4.78, 5) is 24.6. The lowest BCUT2D eigenvalue weighted by Crippen LogP contribution is -2.32. The lowest BCUT2D eigenvalue weighted by Gasteiger charge is -2.39. The van der Waals surface area contributed by atoms with Gasteiger partial charge in [0.1, 0.15) is 0 Å². The van der Waals surface area contributed by atoms with E-state index in [9.17, 15) is 9.59 Å². The average molecular weight is 391 g/mol. The second-order valence-electron chi connectivity index (χ2n) is 8.89. The zero-order valence-corrected chi connectivity index (χ0v) is 18.2. The topological polar surface area (TPSA) is 62.9 Å². The van der Waals surface area contributed by atoms with Gasteiger partial charge in [0.05, 0.1) is 11.3 Å². The van der Waals surface area contributed by atoms with E-state index in [2.05, 4.69) is 44.4 Å². The van der Waals surface area contributed by atoms with Crippen LogP contribution in [0.1, 0.15) is 74.6 Å². The van der Waals surface area contributed by atoms with E-state index in [1.165, 1.54) is 18.7 Å². The molecule has 0 radical (unpaired) electrons. The molecule has 0 spiro atoms. The number of fused-ring (bicyclic) bond motifs is 3. The Balaban J connectivity index is 2.36. The van der Waals surface area contributed by atoms with E-state index in [1.54, 1.807) is 12.3 Å². The van der Waals surface area contributed by atoms with Crippen LogP contribution in [-0.4, -0.2) is 16.6 Å². The van der Waals surface area contributed by atoms with Gasteiger partial charge in [-0.2, -0.15) is 0 Å². The van der Waals surface area contributed by atoms with Crippen molar-refractivity contribution in [2.75, 3.05) is 0 Å². The molecule has 0 saturated carbocycles. The second kappa shape index (κ2) is 7.58. The number of Topliss-reactive ketones (excluding diaryl/α,β-unsaturated/α-hetero) is 1. The molecular weight excluding hydrogens is 360 g/mol. The Kier molecular flexibility index (Phi) is 5.48. The molecule has 1 atom stereocenters. The molecule has 4 heteroatoms. The fraction of sp³-hybridized carbons (Fsp3) is 0.400. The van der Waals surface area contributed by atoms with Gasteiger partial charge < -0.3 is 9.98 Å². The number of rotatable bonds is 4. The number of carbonyl (C=O) groups excluding carboxylic acids is 1. The number of allylic oxidation sites excluding steroid dienone is 2. The Labute approximate surface area is 172 Å². The molecule has 1 aliphatic heterocycles. The molecule has 0 saturated heterocycles. The Morgan fingerprint density at radius 1 is 1.24 bits per heavy atom. The minimum absolute atomic E-state index is 0.0515. The molecule has 3 rings (SSSR count). The van der Waals surface area contributed by atoms with Gasteiger partial charge in [0.2, 0.25) is 0 Å². The normalized spacial score (nSPS) is 16.2. The maximum absolute atomic E-state index is 12.6. The Morgan fingerprint density at radius 2 is 1.93 bits per heavy atom. The van der Waals surface area contributed by atoms with Crippen LogP contribution in [0, 0.1) is 10.8 Å². The van der Waals surface area contributed by atoms with Gasteiger partial charge in [-0.1, -0.05) is 39.8 Å². The highest BCUT2D eigenvalue weighted by Crippen LogP contribution is 2.43. The van der Waals surface area contributed by atoms with Crippen LogP contribution in [0.3, 0.4) is 0 Å². The largest absolute Gasteiger partial charge is 0.343 e. The first-order valence-electron chi connectivity index (χ1n) is 10.2. The van der Waals surface area contributed by atoms with Crippen molar-refractivity contribution in [3.05, 3.63) is 62.9 Å². The smallest absolute Gasteiger partial charge is 0.192 e. The van der Waals surface area contributed by atoms with E-state index >= 15 is 0 Å². The molecular formula is C25H30N2O2. The van der Waals surface area contributed by atoms with Crippen molar-refractivity contribution in [2.45, 2.75) is 60.4 Å². The predicted octanol–water partition coefficient (Wildman–Crippen LogP) is 5.48. The molecule has 1 aromatic carbocycles. The summed E-state index contributed by atoms with van der Waals surface area (Å²) in [7, 11) is 0. The average Bonchev–Trinajstić information content (AvgIpc) is 2.66. The van der Waals surface area contributed by atoms with E-state index < -0.39 is 0 Å². The van der Waals surface area contributed by atoms with Crippen LogP contribution >= 0.6 is 0 Å². The summed E-state index contributed by atoms with van der Waals surface area (Å²) in [5, 5.41) is 7.79. The molecule has 0 bridgehead atoms. The van der Waals surface area contributed by atoms with Crippen molar-refractivity contribution in [3.63, 3.8) is 0 Å². The van der Waals surface area contributed by atoms with Gasteiger partial charge in [-0.15, -0.1) is 0 Å². The summed E-state index contributed by atoms with van der Waals surface area (Å²) in [5.74, 6) is -0.197. The maximum Gasteiger partial charge on any atom is 0.192 e. The van der Waals surface area contributed by atoms with Gasteiger partial charge in [-0.25, -0.2) is 0 Å². The standard InChI is InChI=1S/C25H30N2O2/c1-7-16-9-20-18(10-19(16)17(8-2)13-26)11-24(25(4,5)6)27-14-21(15(3)28)23(29)12-22(20)27/h8-10,12-14,24,26H,7,11H2,1-6H3/b17-8+,26-13?. The lowest BCUT2D eigenvalue weighted by atomic mass is 9.77. The van der Waals surface area contributed by atoms with Gasteiger partial charge in [0.15, 0.2) is 11.2 Å². The number of aromatic nitrogens is 1. The maximum atomic E-state index is 12.6. The quantitative estimate of drug-likeness (QED) is 0.555. The van der Waals surface area contributed by atoms with Crippen molar-refractivity contribution in [1.82, 2.24) is 4.57 Å². The fourth-order valence-corrected chi connectivity index (χ4v) is 4.29. The van der Waals surface area contributed by atoms with E-state index in [0.717, 1.165) is 40.8 Å². The number of pyridine rings is 1. The van der Waals surface area contributed by atoms with E-state index in [-0.39, 0.29) is 28.2 Å². The van der Waals surface area contributed by atoms with Crippen LogP contribution in [0.15, 0.2) is 35.3 Å².